The van der Waals surface area contributed by atoms with Gasteiger partial charge in [-0.2, -0.15) is 0 Å². The van der Waals surface area contributed by atoms with Crippen molar-refractivity contribution in [1.29, 1.82) is 0 Å². The van der Waals surface area contributed by atoms with E-state index in [2.05, 4.69) is 0 Å². The van der Waals surface area contributed by atoms with Crippen LogP contribution >= 0.6 is 0 Å². The van der Waals surface area contributed by atoms with E-state index < -0.39 is 0 Å². The number of ketones is 1. The van der Waals surface area contributed by atoms with E-state index in [1.54, 1.807) is 0 Å². The molecular weight excluding hydrogens is 216 g/mol. The summed E-state index contributed by atoms with van der Waals surface area (Å²) in [5.41, 5.74) is 1.87. The zero-order chi connectivity index (χ0) is 12.1. The van der Waals surface area contributed by atoms with Gasteiger partial charge in [-0.15, -0.1) is 0 Å². The molecule has 2 rings (SSSR count). The van der Waals surface area contributed by atoms with Crippen LogP contribution in [0.5, 0.6) is 0 Å². The number of carbonyl (C=O) groups is 1. The molecule has 0 aromatic heterocycles. The van der Waals surface area contributed by atoms with Crippen molar-refractivity contribution in [3.05, 3.63) is 35.4 Å². The predicted octanol–water partition coefficient (Wildman–Crippen LogP) is 2.37. The van der Waals surface area contributed by atoms with Crippen LogP contribution in [0.15, 0.2) is 24.3 Å². The van der Waals surface area contributed by atoms with Crippen LogP contribution in [0, 0.1) is 6.92 Å². The van der Waals surface area contributed by atoms with Crippen LogP contribution in [0.3, 0.4) is 0 Å². The average Bonchev–Trinajstić information content (AvgIpc) is 2.83. The second kappa shape index (κ2) is 5.94. The first-order valence-electron chi connectivity index (χ1n) is 6.05. The highest BCUT2D eigenvalue weighted by Crippen LogP contribution is 2.12. The van der Waals surface area contributed by atoms with E-state index in [1.807, 2.05) is 31.2 Å². The van der Waals surface area contributed by atoms with E-state index >= 15 is 0 Å². The van der Waals surface area contributed by atoms with Crippen molar-refractivity contribution in [1.82, 2.24) is 0 Å². The lowest BCUT2D eigenvalue weighted by atomic mass is 10.1. The van der Waals surface area contributed by atoms with Crippen LogP contribution < -0.4 is 0 Å². The van der Waals surface area contributed by atoms with Crippen LogP contribution in [-0.2, 0) is 9.47 Å². The number of aryl methyl sites for hydroxylation is 1. The Hall–Kier alpha value is -1.19. The number of hydrogen-bond donors (Lipinski definition) is 0. The summed E-state index contributed by atoms with van der Waals surface area (Å²) in [4.78, 5) is 11.8. The van der Waals surface area contributed by atoms with Crippen LogP contribution in [0.25, 0.3) is 0 Å². The van der Waals surface area contributed by atoms with Gasteiger partial charge >= 0.3 is 0 Å². The molecule has 1 atom stereocenters. The van der Waals surface area contributed by atoms with Gasteiger partial charge in [-0.1, -0.05) is 29.8 Å². The minimum absolute atomic E-state index is 0.0306. The van der Waals surface area contributed by atoms with Crippen molar-refractivity contribution >= 4 is 5.78 Å². The highest BCUT2D eigenvalue weighted by molar-refractivity contribution is 5.97. The molecule has 1 unspecified atom stereocenters. The zero-order valence-corrected chi connectivity index (χ0v) is 10.1. The van der Waals surface area contributed by atoms with Crippen LogP contribution in [0.2, 0.25) is 0 Å². The Bertz CT molecular complexity index is 364. The van der Waals surface area contributed by atoms with E-state index in [0.29, 0.717) is 12.2 Å². The molecule has 0 amide bonds. The molecule has 1 aromatic carbocycles. The largest absolute Gasteiger partial charge is 0.376 e. The maximum Gasteiger partial charge on any atom is 0.188 e. The highest BCUT2D eigenvalue weighted by atomic mass is 16.5. The van der Waals surface area contributed by atoms with Crippen molar-refractivity contribution in [2.45, 2.75) is 25.9 Å². The summed E-state index contributed by atoms with van der Waals surface area (Å²) in [6.07, 6.45) is 2.32. The fourth-order valence-corrected chi connectivity index (χ4v) is 1.88. The summed E-state index contributed by atoms with van der Waals surface area (Å²) in [7, 11) is 0. The summed E-state index contributed by atoms with van der Waals surface area (Å²) in [6.45, 7) is 3.49. The lowest BCUT2D eigenvalue weighted by Crippen LogP contribution is -2.18. The first-order chi connectivity index (χ1) is 8.25. The second-order valence-corrected chi connectivity index (χ2v) is 4.44. The summed E-state index contributed by atoms with van der Waals surface area (Å²) < 4.78 is 10.8. The Kier molecular flexibility index (Phi) is 4.29. The van der Waals surface area contributed by atoms with Crippen molar-refractivity contribution < 1.29 is 14.3 Å². The number of rotatable bonds is 5. The second-order valence-electron chi connectivity index (χ2n) is 4.44. The zero-order valence-electron chi connectivity index (χ0n) is 10.1. The fourth-order valence-electron chi connectivity index (χ4n) is 1.88. The number of hydrogen-bond acceptors (Lipinski definition) is 3. The van der Waals surface area contributed by atoms with Gasteiger partial charge in [-0.05, 0) is 19.8 Å². The van der Waals surface area contributed by atoms with Gasteiger partial charge in [0.1, 0.15) is 6.61 Å². The number of benzene rings is 1. The minimum atomic E-state index is 0.0306. The SMILES string of the molecule is Cc1ccc(C(=O)COCC2CCCO2)cc1. The molecule has 1 heterocycles. The molecule has 0 bridgehead atoms. The molecule has 92 valence electrons. The van der Waals surface area contributed by atoms with E-state index in [0.717, 1.165) is 25.0 Å². The molecule has 0 saturated carbocycles. The molecule has 3 nitrogen and oxygen atoms in total. The van der Waals surface area contributed by atoms with Gasteiger partial charge in [0, 0.05) is 12.2 Å². The minimum Gasteiger partial charge on any atom is -0.376 e. The standard InChI is InChI=1S/C14H18O3/c1-11-4-6-12(7-5-11)14(15)10-16-9-13-3-2-8-17-13/h4-7,13H,2-3,8-10H2,1H3. The third-order valence-corrected chi connectivity index (χ3v) is 2.93. The van der Waals surface area contributed by atoms with E-state index in [1.165, 1.54) is 0 Å². The van der Waals surface area contributed by atoms with Crippen LogP contribution in [0.4, 0.5) is 0 Å². The van der Waals surface area contributed by atoms with Crippen molar-refractivity contribution in [3.8, 4) is 0 Å². The summed E-state index contributed by atoms with van der Waals surface area (Å²) in [6, 6.07) is 7.56. The van der Waals surface area contributed by atoms with E-state index in [-0.39, 0.29) is 18.5 Å². The smallest absolute Gasteiger partial charge is 0.188 e. The summed E-state index contributed by atoms with van der Waals surface area (Å²) >= 11 is 0. The molecule has 1 saturated heterocycles. The Morgan fingerprint density at radius 3 is 2.82 bits per heavy atom. The molecule has 1 fully saturated rings. The molecule has 0 spiro atoms. The number of Topliss-reactive ketones (excluding diaryl/α,β-unsaturated/α-hetero) is 1. The molecule has 1 aromatic rings. The molecule has 3 heteroatoms. The quantitative estimate of drug-likeness (QED) is 0.734. The Morgan fingerprint density at radius 2 is 2.18 bits per heavy atom. The molecule has 1 aliphatic rings. The lowest BCUT2D eigenvalue weighted by molar-refractivity contribution is 0.0190. The van der Waals surface area contributed by atoms with Gasteiger partial charge in [0.2, 0.25) is 0 Å². The van der Waals surface area contributed by atoms with Crippen LogP contribution in [0.1, 0.15) is 28.8 Å². The Morgan fingerprint density at radius 1 is 1.41 bits per heavy atom. The topological polar surface area (TPSA) is 35.5 Å². The third kappa shape index (κ3) is 3.65. The molecule has 17 heavy (non-hydrogen) atoms. The Balaban J connectivity index is 1.75. The van der Waals surface area contributed by atoms with Gasteiger partial charge in [0.05, 0.1) is 12.7 Å². The van der Waals surface area contributed by atoms with Gasteiger partial charge in [-0.25, -0.2) is 0 Å². The van der Waals surface area contributed by atoms with Crippen LogP contribution in [-0.4, -0.2) is 31.7 Å². The lowest BCUT2D eigenvalue weighted by Gasteiger charge is -2.09. The summed E-state index contributed by atoms with van der Waals surface area (Å²) in [5, 5.41) is 0. The maximum atomic E-state index is 11.8. The van der Waals surface area contributed by atoms with Gasteiger partial charge < -0.3 is 9.47 Å². The first kappa shape index (κ1) is 12.3. The highest BCUT2D eigenvalue weighted by Gasteiger charge is 2.16. The Labute approximate surface area is 102 Å². The monoisotopic (exact) mass is 234 g/mol. The van der Waals surface area contributed by atoms with Gasteiger partial charge in [0.15, 0.2) is 5.78 Å². The maximum absolute atomic E-state index is 11.8. The number of carbonyl (C=O) groups excluding carboxylic acids is 1. The van der Waals surface area contributed by atoms with E-state index in [9.17, 15) is 4.79 Å². The normalized spacial score (nSPS) is 19.5. The predicted molar refractivity (Wildman–Crippen MR) is 65.3 cm³/mol. The molecule has 0 radical (unpaired) electrons. The molecule has 0 N–H and O–H groups in total. The third-order valence-electron chi connectivity index (χ3n) is 2.93. The molecule has 0 aliphatic carbocycles. The van der Waals surface area contributed by atoms with Crippen molar-refractivity contribution in [2.75, 3.05) is 19.8 Å². The van der Waals surface area contributed by atoms with Gasteiger partial charge in [-0.3, -0.25) is 4.79 Å². The fraction of sp³-hybridized carbons (Fsp3) is 0.500. The van der Waals surface area contributed by atoms with Gasteiger partial charge in [0.25, 0.3) is 0 Å². The molecular formula is C14H18O3. The van der Waals surface area contributed by atoms with Crippen molar-refractivity contribution in [2.24, 2.45) is 0 Å². The first-order valence-corrected chi connectivity index (χ1v) is 6.05. The van der Waals surface area contributed by atoms with Crippen molar-refractivity contribution in [3.63, 3.8) is 0 Å². The van der Waals surface area contributed by atoms with E-state index in [4.69, 9.17) is 9.47 Å². The average molecular weight is 234 g/mol. The molecule has 1 aliphatic heterocycles. The number of ether oxygens (including phenoxy) is 2. The summed E-state index contributed by atoms with van der Waals surface area (Å²) in [5.74, 6) is 0.0306.